The van der Waals surface area contributed by atoms with Crippen LogP contribution in [0.5, 0.6) is 0 Å². The summed E-state index contributed by atoms with van der Waals surface area (Å²) in [5.74, 6) is 0.0846. The van der Waals surface area contributed by atoms with Crippen molar-refractivity contribution in [2.45, 2.75) is 25.8 Å². The largest absolute Gasteiger partial charge is 0.381 e. The van der Waals surface area contributed by atoms with E-state index in [1.807, 2.05) is 6.92 Å². The Morgan fingerprint density at radius 3 is 2.56 bits per heavy atom. The number of rotatable bonds is 6. The van der Waals surface area contributed by atoms with Gasteiger partial charge in [-0.25, -0.2) is 12.7 Å². The molecule has 0 unspecified atom stereocenters. The molecule has 1 fully saturated rings. The molecule has 0 radical (unpaired) electrons. The van der Waals surface area contributed by atoms with Crippen LogP contribution in [0.25, 0.3) is 0 Å². The van der Waals surface area contributed by atoms with Crippen molar-refractivity contribution in [3.05, 3.63) is 0 Å². The third-order valence-electron chi connectivity index (χ3n) is 2.95. The number of hydrogen-bond donors (Lipinski definition) is 1. The zero-order valence-electron chi connectivity index (χ0n) is 10.1. The van der Waals surface area contributed by atoms with Crippen LogP contribution in [0.4, 0.5) is 0 Å². The third-order valence-corrected chi connectivity index (χ3v) is 4.81. The van der Waals surface area contributed by atoms with Crippen LogP contribution >= 0.6 is 0 Å². The van der Waals surface area contributed by atoms with Gasteiger partial charge in [0.15, 0.2) is 0 Å². The molecule has 0 aliphatic carbocycles. The van der Waals surface area contributed by atoms with Gasteiger partial charge in [-0.05, 0) is 32.9 Å². The van der Waals surface area contributed by atoms with Gasteiger partial charge in [0.1, 0.15) is 0 Å². The van der Waals surface area contributed by atoms with E-state index in [1.54, 1.807) is 7.05 Å². The summed E-state index contributed by atoms with van der Waals surface area (Å²) in [5.41, 5.74) is 0. The molecule has 1 N–H and O–H groups in total. The fraction of sp³-hybridized carbons (Fsp3) is 1.00. The molecule has 1 heterocycles. The number of nitrogens with zero attached hydrogens (tertiary/aromatic N) is 1. The number of hydrogen-bond acceptors (Lipinski definition) is 4. The Kier molecular flexibility index (Phi) is 5.68. The van der Waals surface area contributed by atoms with Gasteiger partial charge in [-0.15, -0.1) is 0 Å². The average molecular weight is 250 g/mol. The van der Waals surface area contributed by atoms with Crippen LogP contribution in [-0.2, 0) is 14.8 Å². The molecule has 1 rings (SSSR count). The molecule has 0 saturated carbocycles. The Bertz CT molecular complexity index is 286. The van der Waals surface area contributed by atoms with Crippen LogP contribution < -0.4 is 5.32 Å². The molecule has 1 aliphatic heterocycles. The summed E-state index contributed by atoms with van der Waals surface area (Å²) in [6.07, 6.45) is 1.79. The summed E-state index contributed by atoms with van der Waals surface area (Å²) in [5, 5.41) is 3.23. The topological polar surface area (TPSA) is 58.6 Å². The monoisotopic (exact) mass is 250 g/mol. The van der Waals surface area contributed by atoms with E-state index >= 15 is 0 Å². The summed E-state index contributed by atoms with van der Waals surface area (Å²) >= 11 is 0. The van der Waals surface area contributed by atoms with Crippen molar-refractivity contribution >= 4 is 10.0 Å². The fourth-order valence-electron chi connectivity index (χ4n) is 1.85. The van der Waals surface area contributed by atoms with Gasteiger partial charge in [-0.1, -0.05) is 0 Å². The molecule has 6 heteroatoms. The molecule has 5 nitrogen and oxygen atoms in total. The van der Waals surface area contributed by atoms with Gasteiger partial charge in [-0.2, -0.15) is 0 Å². The second kappa shape index (κ2) is 6.54. The molecule has 0 atom stereocenters. The maximum atomic E-state index is 11.9. The lowest BCUT2D eigenvalue weighted by Crippen LogP contribution is -2.45. The minimum atomic E-state index is -3.15. The first-order chi connectivity index (χ1) is 7.58. The van der Waals surface area contributed by atoms with Crippen molar-refractivity contribution in [2.75, 3.05) is 39.1 Å². The summed E-state index contributed by atoms with van der Waals surface area (Å²) in [6.45, 7) is 4.51. The highest BCUT2D eigenvalue weighted by atomic mass is 32.2. The van der Waals surface area contributed by atoms with Crippen LogP contribution in [-0.4, -0.2) is 57.9 Å². The average Bonchev–Trinajstić information content (AvgIpc) is 2.29. The van der Waals surface area contributed by atoms with Gasteiger partial charge in [0.2, 0.25) is 10.0 Å². The Balaban J connectivity index is 2.46. The summed E-state index contributed by atoms with van der Waals surface area (Å²) < 4.78 is 30.5. The van der Waals surface area contributed by atoms with Gasteiger partial charge in [0.25, 0.3) is 0 Å². The standard InChI is InChI=1S/C10H22N2O3S/c1-3-15-8-9-16(13,14)12(2)10-4-6-11-7-5-10/h10-11H,3-9H2,1-2H3. The highest BCUT2D eigenvalue weighted by molar-refractivity contribution is 7.89. The Morgan fingerprint density at radius 2 is 2.00 bits per heavy atom. The maximum Gasteiger partial charge on any atom is 0.216 e. The highest BCUT2D eigenvalue weighted by Crippen LogP contribution is 2.14. The molecule has 0 bridgehead atoms. The Labute approximate surface area is 98.2 Å². The Hall–Kier alpha value is -0.170. The second-order valence-electron chi connectivity index (χ2n) is 4.01. The quantitative estimate of drug-likeness (QED) is 0.676. The second-order valence-corrected chi connectivity index (χ2v) is 6.16. The maximum absolute atomic E-state index is 11.9. The van der Waals surface area contributed by atoms with E-state index in [4.69, 9.17) is 4.74 Å². The van der Waals surface area contributed by atoms with Crippen molar-refractivity contribution < 1.29 is 13.2 Å². The lowest BCUT2D eigenvalue weighted by atomic mass is 10.1. The SMILES string of the molecule is CCOCCS(=O)(=O)N(C)C1CCNCC1. The lowest BCUT2D eigenvalue weighted by Gasteiger charge is -2.30. The highest BCUT2D eigenvalue weighted by Gasteiger charge is 2.26. The minimum Gasteiger partial charge on any atom is -0.381 e. The van der Waals surface area contributed by atoms with Gasteiger partial charge in [-0.3, -0.25) is 0 Å². The summed E-state index contributed by atoms with van der Waals surface area (Å²) in [7, 11) is -1.47. The first kappa shape index (κ1) is 13.9. The van der Waals surface area contributed by atoms with Crippen LogP contribution in [0.15, 0.2) is 0 Å². The van der Waals surface area contributed by atoms with Crippen LogP contribution in [0.1, 0.15) is 19.8 Å². The molecule has 0 aromatic carbocycles. The first-order valence-electron chi connectivity index (χ1n) is 5.82. The predicted molar refractivity (Wildman–Crippen MR) is 63.9 cm³/mol. The molecular formula is C10H22N2O3S. The van der Waals surface area contributed by atoms with E-state index in [0.717, 1.165) is 25.9 Å². The van der Waals surface area contributed by atoms with E-state index in [2.05, 4.69) is 5.32 Å². The fourth-order valence-corrected chi connectivity index (χ4v) is 3.13. The van der Waals surface area contributed by atoms with Gasteiger partial charge >= 0.3 is 0 Å². The lowest BCUT2D eigenvalue weighted by molar-refractivity contribution is 0.162. The zero-order chi connectivity index (χ0) is 12.0. The molecule has 16 heavy (non-hydrogen) atoms. The van der Waals surface area contributed by atoms with Crippen molar-refractivity contribution in [1.82, 2.24) is 9.62 Å². The number of ether oxygens (including phenoxy) is 1. The minimum absolute atomic E-state index is 0.0846. The number of piperidine rings is 1. The first-order valence-corrected chi connectivity index (χ1v) is 7.43. The van der Waals surface area contributed by atoms with Crippen molar-refractivity contribution in [3.8, 4) is 0 Å². The van der Waals surface area contributed by atoms with E-state index < -0.39 is 10.0 Å². The molecular weight excluding hydrogens is 228 g/mol. The van der Waals surface area contributed by atoms with Crippen LogP contribution in [0.2, 0.25) is 0 Å². The van der Waals surface area contributed by atoms with Gasteiger partial charge in [0, 0.05) is 19.7 Å². The van der Waals surface area contributed by atoms with E-state index in [-0.39, 0.29) is 18.4 Å². The Morgan fingerprint density at radius 1 is 1.38 bits per heavy atom. The van der Waals surface area contributed by atoms with E-state index in [9.17, 15) is 8.42 Å². The zero-order valence-corrected chi connectivity index (χ0v) is 10.9. The van der Waals surface area contributed by atoms with Crippen molar-refractivity contribution in [2.24, 2.45) is 0 Å². The number of nitrogens with one attached hydrogen (secondary N) is 1. The molecule has 0 amide bonds. The normalized spacial score (nSPS) is 19.2. The van der Waals surface area contributed by atoms with Crippen LogP contribution in [0, 0.1) is 0 Å². The molecule has 0 aromatic heterocycles. The van der Waals surface area contributed by atoms with Crippen molar-refractivity contribution in [1.29, 1.82) is 0 Å². The van der Waals surface area contributed by atoms with E-state index in [0.29, 0.717) is 6.61 Å². The smallest absolute Gasteiger partial charge is 0.216 e. The van der Waals surface area contributed by atoms with Gasteiger partial charge < -0.3 is 10.1 Å². The number of sulfonamides is 1. The van der Waals surface area contributed by atoms with Crippen LogP contribution in [0.3, 0.4) is 0 Å². The van der Waals surface area contributed by atoms with Crippen molar-refractivity contribution in [3.63, 3.8) is 0 Å². The molecule has 0 spiro atoms. The molecule has 96 valence electrons. The summed E-state index contributed by atoms with van der Waals surface area (Å²) in [6, 6.07) is 0.146. The molecule has 1 saturated heterocycles. The molecule has 1 aliphatic rings. The van der Waals surface area contributed by atoms with Gasteiger partial charge in [0.05, 0.1) is 12.4 Å². The summed E-state index contributed by atoms with van der Waals surface area (Å²) in [4.78, 5) is 0. The predicted octanol–water partition coefficient (Wildman–Crippen LogP) is 0.0365. The van der Waals surface area contributed by atoms with E-state index in [1.165, 1.54) is 4.31 Å². The third kappa shape index (κ3) is 4.01. The molecule has 0 aromatic rings.